The first kappa shape index (κ1) is 22.2. The van der Waals surface area contributed by atoms with Crippen molar-refractivity contribution in [3.05, 3.63) is 0 Å². The van der Waals surface area contributed by atoms with Gasteiger partial charge >= 0.3 is 5.97 Å². The minimum atomic E-state index is -1.31. The normalized spacial score (nSPS) is 12.0. The number of carbonyl (C=O) groups is 1. The fourth-order valence-corrected chi connectivity index (χ4v) is 1.75. The van der Waals surface area contributed by atoms with Crippen LogP contribution in [-0.2, 0) is 23.7 Å². The summed E-state index contributed by atoms with van der Waals surface area (Å²) in [7, 11) is 0. The second kappa shape index (κ2) is 16.1. The topological polar surface area (TPSA) is 74.2 Å². The highest BCUT2D eigenvalue weighted by Crippen LogP contribution is 2.00. The lowest BCUT2D eigenvalue weighted by molar-refractivity contribution is -0.154. The van der Waals surface area contributed by atoms with Crippen molar-refractivity contribution in [1.82, 2.24) is 0 Å². The van der Waals surface area contributed by atoms with Crippen LogP contribution in [0.2, 0.25) is 0 Å². The highest BCUT2D eigenvalue weighted by molar-refractivity contribution is 7.80. The predicted octanol–water partition coefficient (Wildman–Crippen LogP) is 2.26. The molecule has 0 aliphatic carbocycles. The number of carbonyl (C=O) groups excluding carboxylic acids is 1. The molecule has 0 amide bonds. The molecule has 0 heterocycles. The summed E-state index contributed by atoms with van der Waals surface area (Å²) in [6, 6.07) is 0. The second-order valence-corrected chi connectivity index (χ2v) is 5.50. The molecule has 0 saturated carbocycles. The number of aliphatic hydroxyl groups is 1. The van der Waals surface area contributed by atoms with Gasteiger partial charge in [0.1, 0.15) is 13.2 Å². The van der Waals surface area contributed by atoms with Crippen LogP contribution in [0.5, 0.6) is 0 Å². The Bertz CT molecular complexity index is 311. The van der Waals surface area contributed by atoms with Gasteiger partial charge < -0.3 is 24.1 Å². The average molecular weight is 350 g/mol. The molecule has 0 aromatic heterocycles. The van der Waals surface area contributed by atoms with Gasteiger partial charge in [-0.1, -0.05) is 26.7 Å². The molecule has 7 heteroatoms. The molecule has 6 nitrogen and oxygen atoms in total. The lowest BCUT2D eigenvalue weighted by Crippen LogP contribution is -2.27. The Balaban J connectivity index is 3.59. The minimum Gasteiger partial charge on any atom is -0.485 e. The van der Waals surface area contributed by atoms with Crippen molar-refractivity contribution in [1.29, 1.82) is 0 Å². The van der Waals surface area contributed by atoms with Gasteiger partial charge in [-0.15, -0.1) is 0 Å². The van der Waals surface area contributed by atoms with Gasteiger partial charge in [0.25, 0.3) is 0 Å². The van der Waals surface area contributed by atoms with Crippen molar-refractivity contribution in [2.75, 3.05) is 39.6 Å². The molecule has 0 aliphatic heterocycles. The van der Waals surface area contributed by atoms with Gasteiger partial charge in [0.15, 0.2) is 11.2 Å². The lowest BCUT2D eigenvalue weighted by Gasteiger charge is -2.12. The number of hydrogen-bond donors (Lipinski definition) is 1. The molecule has 0 bridgehead atoms. The summed E-state index contributed by atoms with van der Waals surface area (Å²) in [5.41, 5.74) is 0. The number of rotatable bonds is 15. The van der Waals surface area contributed by atoms with E-state index in [9.17, 15) is 9.90 Å². The molecular weight excluding hydrogens is 320 g/mol. The minimum absolute atomic E-state index is 0.0557. The fraction of sp³-hybridized carbons (Fsp3) is 0.875. The van der Waals surface area contributed by atoms with E-state index in [-0.39, 0.29) is 18.1 Å². The van der Waals surface area contributed by atoms with Crippen LogP contribution in [0.4, 0.5) is 0 Å². The number of unbranched alkanes of at least 4 members (excludes halogenated alkanes) is 2. The van der Waals surface area contributed by atoms with Crippen LogP contribution >= 0.6 is 12.2 Å². The molecule has 1 atom stereocenters. The third-order valence-electron chi connectivity index (χ3n) is 2.88. The molecule has 0 rings (SSSR count). The maximum absolute atomic E-state index is 11.5. The van der Waals surface area contributed by atoms with Crippen LogP contribution in [0.1, 0.15) is 46.0 Å². The van der Waals surface area contributed by atoms with Crippen LogP contribution in [0.15, 0.2) is 0 Å². The van der Waals surface area contributed by atoms with Gasteiger partial charge in [0.05, 0.1) is 19.6 Å². The van der Waals surface area contributed by atoms with E-state index in [1.165, 1.54) is 0 Å². The highest BCUT2D eigenvalue weighted by Gasteiger charge is 2.19. The van der Waals surface area contributed by atoms with Crippen molar-refractivity contribution >= 4 is 23.2 Å². The van der Waals surface area contributed by atoms with Gasteiger partial charge in [0, 0.05) is 13.2 Å². The summed E-state index contributed by atoms with van der Waals surface area (Å²) in [6.45, 7) is 6.71. The van der Waals surface area contributed by atoms with Crippen LogP contribution in [0.3, 0.4) is 0 Å². The van der Waals surface area contributed by atoms with Crippen LogP contribution in [-0.4, -0.2) is 61.9 Å². The summed E-state index contributed by atoms with van der Waals surface area (Å²) >= 11 is 4.96. The maximum atomic E-state index is 11.5. The smallest absolute Gasteiger partial charge is 0.335 e. The summed E-state index contributed by atoms with van der Waals surface area (Å²) in [4.78, 5) is 11.5. The Morgan fingerprint density at radius 2 is 1.43 bits per heavy atom. The number of aliphatic hydroxyl groups excluding tert-OH is 1. The van der Waals surface area contributed by atoms with E-state index in [0.717, 1.165) is 25.7 Å². The Kier molecular flexibility index (Phi) is 15.6. The molecule has 0 spiro atoms. The second-order valence-electron chi connectivity index (χ2n) is 5.04. The zero-order valence-electron chi connectivity index (χ0n) is 14.3. The molecule has 136 valence electrons. The van der Waals surface area contributed by atoms with Crippen molar-refractivity contribution in [2.24, 2.45) is 0 Å². The third kappa shape index (κ3) is 14.6. The zero-order valence-corrected chi connectivity index (χ0v) is 15.1. The molecular formula is C16H30O6S. The van der Waals surface area contributed by atoms with Gasteiger partial charge in [-0.3, -0.25) is 0 Å². The van der Waals surface area contributed by atoms with E-state index in [2.05, 4.69) is 13.8 Å². The van der Waals surface area contributed by atoms with Crippen LogP contribution in [0, 0.1) is 0 Å². The van der Waals surface area contributed by atoms with Gasteiger partial charge in [-0.2, -0.15) is 0 Å². The number of hydrogen-bond acceptors (Lipinski definition) is 7. The number of thiocarbonyl (C=S) groups is 1. The first-order valence-electron chi connectivity index (χ1n) is 8.27. The fourth-order valence-electron chi connectivity index (χ4n) is 1.51. The van der Waals surface area contributed by atoms with Crippen molar-refractivity contribution < 1.29 is 28.8 Å². The van der Waals surface area contributed by atoms with E-state index >= 15 is 0 Å². The summed E-state index contributed by atoms with van der Waals surface area (Å²) in [5.74, 6) is -0.714. The predicted molar refractivity (Wildman–Crippen MR) is 91.6 cm³/mol. The van der Waals surface area contributed by atoms with Crippen molar-refractivity contribution in [2.45, 2.75) is 52.1 Å². The Labute approximate surface area is 144 Å². The molecule has 0 saturated heterocycles. The maximum Gasteiger partial charge on any atom is 0.335 e. The largest absolute Gasteiger partial charge is 0.485 e. The molecule has 1 unspecified atom stereocenters. The van der Waals surface area contributed by atoms with Gasteiger partial charge in [-0.05, 0) is 25.1 Å². The summed E-state index contributed by atoms with van der Waals surface area (Å²) in [6.07, 6.45) is 2.76. The molecule has 0 fully saturated rings. The molecule has 0 aliphatic rings. The number of esters is 1. The van der Waals surface area contributed by atoms with Crippen molar-refractivity contribution in [3.63, 3.8) is 0 Å². The SMILES string of the molecule is CCCCOCCOC(=O)C(O)CC(=S)OCCOCCCC. The third-order valence-corrected chi connectivity index (χ3v) is 3.16. The van der Waals surface area contributed by atoms with E-state index in [4.69, 9.17) is 31.2 Å². The molecule has 1 N–H and O–H groups in total. The Morgan fingerprint density at radius 1 is 0.913 bits per heavy atom. The zero-order chi connectivity index (χ0) is 17.3. The van der Waals surface area contributed by atoms with E-state index in [1.54, 1.807) is 0 Å². The Hall–Kier alpha value is -0.760. The lowest BCUT2D eigenvalue weighted by atomic mass is 10.3. The van der Waals surface area contributed by atoms with Crippen LogP contribution < -0.4 is 0 Å². The Morgan fingerprint density at radius 3 is 1.96 bits per heavy atom. The quantitative estimate of drug-likeness (QED) is 0.276. The van der Waals surface area contributed by atoms with E-state index < -0.39 is 12.1 Å². The molecule has 0 aromatic carbocycles. The molecule has 0 aromatic rings. The molecule has 23 heavy (non-hydrogen) atoms. The van der Waals surface area contributed by atoms with Gasteiger partial charge in [-0.25, -0.2) is 4.79 Å². The van der Waals surface area contributed by atoms with Gasteiger partial charge in [0.2, 0.25) is 0 Å². The standard InChI is InChI=1S/C16H30O6S/c1-3-5-7-19-9-11-21-15(23)13-14(17)16(18)22-12-10-20-8-6-4-2/h14,17H,3-13H2,1-2H3. The summed E-state index contributed by atoms with van der Waals surface area (Å²) in [5, 5.41) is 9.86. The monoisotopic (exact) mass is 350 g/mol. The van der Waals surface area contributed by atoms with Crippen molar-refractivity contribution in [3.8, 4) is 0 Å². The van der Waals surface area contributed by atoms with E-state index in [0.29, 0.717) is 33.0 Å². The first-order chi connectivity index (χ1) is 11.1. The average Bonchev–Trinajstić information content (AvgIpc) is 2.53. The number of ether oxygens (including phenoxy) is 4. The first-order valence-corrected chi connectivity index (χ1v) is 8.68. The van der Waals surface area contributed by atoms with Crippen LogP contribution in [0.25, 0.3) is 0 Å². The van der Waals surface area contributed by atoms with E-state index in [1.807, 2.05) is 0 Å². The molecule has 0 radical (unpaired) electrons. The summed E-state index contributed by atoms with van der Waals surface area (Å²) < 4.78 is 20.7. The highest BCUT2D eigenvalue weighted by atomic mass is 32.1.